The molecule has 4 saturated carbocycles. The molecule has 13 rings (SSSR count). The molecular formula is C64H60BNS. The van der Waals surface area contributed by atoms with Gasteiger partial charge in [0.2, 0.25) is 6.71 Å². The molecule has 0 aliphatic heterocycles. The van der Waals surface area contributed by atoms with Gasteiger partial charge in [-0.05, 0) is 185 Å². The number of thiophene rings is 1. The maximum Gasteiger partial charge on any atom is 0.242 e. The van der Waals surface area contributed by atoms with Crippen LogP contribution in [0.4, 0.5) is 17.1 Å². The average molecular weight is 886 g/mol. The molecule has 0 amide bonds. The van der Waals surface area contributed by atoms with Gasteiger partial charge in [0.05, 0.1) is 0 Å². The molecule has 0 saturated heterocycles. The van der Waals surface area contributed by atoms with Gasteiger partial charge in [-0.25, -0.2) is 0 Å². The van der Waals surface area contributed by atoms with E-state index in [9.17, 15) is 0 Å². The SMILES string of the molecule is Cc1cc(C)c(B(c2ccc3sc4ccc(-c5ccc(C67CC8C[C@@H](C6)CC(c6ccc(N(c9ccccc9)c9ccccc9)cc6)(C8)C7)cc5)cc4c3c2)c2c(C)cc(C)cc2C)c(C)c1. The average Bonchev–Trinajstić information content (AvgIpc) is 3.68. The van der Waals surface area contributed by atoms with Gasteiger partial charge in [-0.3, -0.25) is 0 Å². The van der Waals surface area contributed by atoms with E-state index in [1.54, 1.807) is 11.1 Å². The first-order valence-corrected chi connectivity index (χ1v) is 25.6. The smallest absolute Gasteiger partial charge is 0.242 e. The van der Waals surface area contributed by atoms with E-state index in [2.05, 4.69) is 216 Å². The zero-order valence-electron chi connectivity index (χ0n) is 40.0. The van der Waals surface area contributed by atoms with Crippen molar-refractivity contribution in [1.82, 2.24) is 0 Å². The molecular weight excluding hydrogens is 826 g/mol. The molecule has 0 radical (unpaired) electrons. The fourth-order valence-corrected chi connectivity index (χ4v) is 15.5. The van der Waals surface area contributed by atoms with E-state index in [1.807, 2.05) is 11.3 Å². The van der Waals surface area contributed by atoms with Crippen LogP contribution in [-0.4, -0.2) is 6.71 Å². The largest absolute Gasteiger partial charge is 0.311 e. The zero-order chi connectivity index (χ0) is 45.6. The first-order chi connectivity index (χ1) is 32.5. The molecule has 4 aliphatic rings. The van der Waals surface area contributed by atoms with E-state index in [1.165, 1.54) is 137 Å². The lowest BCUT2D eigenvalue weighted by Crippen LogP contribution is -2.55. The molecule has 3 heteroatoms. The minimum absolute atomic E-state index is 0.156. The third-order valence-electron chi connectivity index (χ3n) is 16.5. The third-order valence-corrected chi connectivity index (χ3v) is 17.7. The molecule has 0 spiro atoms. The Morgan fingerprint density at radius 1 is 0.448 bits per heavy atom. The van der Waals surface area contributed by atoms with Crippen LogP contribution in [0, 0.1) is 53.4 Å². The van der Waals surface area contributed by atoms with E-state index in [4.69, 9.17) is 0 Å². The van der Waals surface area contributed by atoms with Gasteiger partial charge in [-0.15, -0.1) is 11.3 Å². The molecule has 330 valence electrons. The standard InChI is InChI=1S/C64H60BNS/c1-41-29-43(3)61(44(4)30-41)65(62-45(5)31-42(2)32-46(62)6)53-24-28-60-58(35-53)57-34-50(19-27-59(57)67-60)49-17-20-51(21-18-49)63-36-47-33-48(37-63)39-64(38-47,40-63)52-22-25-56(26-23-52)66(54-13-9-7-10-14-54)55-15-11-8-12-16-55/h7-32,34-35,47-48H,33,36-40H2,1-6H3/t47-,48?,63?,64?/m0/s1. The van der Waals surface area contributed by atoms with Gasteiger partial charge in [0.1, 0.15) is 0 Å². The summed E-state index contributed by atoms with van der Waals surface area (Å²) in [5.74, 6) is 1.59. The summed E-state index contributed by atoms with van der Waals surface area (Å²) in [7, 11) is 0. The van der Waals surface area contributed by atoms with Gasteiger partial charge in [0, 0.05) is 31.8 Å². The van der Waals surface area contributed by atoms with E-state index >= 15 is 0 Å². The van der Waals surface area contributed by atoms with Crippen LogP contribution in [-0.2, 0) is 10.8 Å². The van der Waals surface area contributed by atoms with Crippen LogP contribution in [0.5, 0.6) is 0 Å². The summed E-state index contributed by atoms with van der Waals surface area (Å²) < 4.78 is 2.71. The summed E-state index contributed by atoms with van der Waals surface area (Å²) >= 11 is 1.92. The van der Waals surface area contributed by atoms with Crippen molar-refractivity contribution in [2.45, 2.75) is 90.9 Å². The molecule has 4 atom stereocenters. The highest BCUT2D eigenvalue weighted by Gasteiger charge is 2.58. The summed E-state index contributed by atoms with van der Waals surface area (Å²) in [5, 5.41) is 2.73. The molecule has 1 nitrogen and oxygen atoms in total. The third kappa shape index (κ3) is 7.28. The summed E-state index contributed by atoms with van der Waals surface area (Å²) in [6.07, 6.45) is 7.98. The normalized spacial score (nSPS) is 20.7. The molecule has 4 fully saturated rings. The van der Waals surface area contributed by atoms with Crippen molar-refractivity contribution in [2.75, 3.05) is 4.90 Å². The highest BCUT2D eigenvalue weighted by molar-refractivity contribution is 7.25. The summed E-state index contributed by atoms with van der Waals surface area (Å²) in [6, 6.07) is 65.3. The van der Waals surface area contributed by atoms with Gasteiger partial charge >= 0.3 is 0 Å². The van der Waals surface area contributed by atoms with Crippen molar-refractivity contribution in [3.8, 4) is 11.1 Å². The predicted octanol–water partition coefficient (Wildman–Crippen LogP) is 15.3. The fraction of sp³-hybridized carbons (Fsp3) is 0.250. The minimum atomic E-state index is 0.156. The Bertz CT molecular complexity index is 3170. The predicted molar refractivity (Wildman–Crippen MR) is 290 cm³/mol. The molecule has 3 unspecified atom stereocenters. The number of para-hydroxylation sites is 2. The number of rotatable bonds is 9. The second-order valence-corrected chi connectivity index (χ2v) is 22.4. The molecule has 1 aromatic heterocycles. The van der Waals surface area contributed by atoms with Crippen LogP contribution in [0.1, 0.15) is 83.0 Å². The summed E-state index contributed by atoms with van der Waals surface area (Å²) in [6.45, 7) is 13.8. The fourth-order valence-electron chi connectivity index (χ4n) is 14.4. The Hall–Kier alpha value is -6.16. The quantitative estimate of drug-likeness (QED) is 0.131. The number of fused-ring (bicyclic) bond motifs is 3. The maximum atomic E-state index is 2.53. The van der Waals surface area contributed by atoms with Crippen molar-refractivity contribution in [3.05, 3.63) is 214 Å². The molecule has 0 N–H and O–H groups in total. The molecule has 8 aromatic carbocycles. The van der Waals surface area contributed by atoms with Crippen LogP contribution in [0.15, 0.2) is 170 Å². The van der Waals surface area contributed by atoms with Crippen LogP contribution in [0.2, 0.25) is 0 Å². The van der Waals surface area contributed by atoms with E-state index in [-0.39, 0.29) is 17.5 Å². The highest BCUT2D eigenvalue weighted by atomic mass is 32.1. The maximum absolute atomic E-state index is 2.53. The Balaban J connectivity index is 0.867. The number of benzene rings is 8. The monoisotopic (exact) mass is 885 g/mol. The van der Waals surface area contributed by atoms with Crippen LogP contribution < -0.4 is 21.3 Å². The Kier molecular flexibility index (Phi) is 10.3. The van der Waals surface area contributed by atoms with Crippen molar-refractivity contribution in [3.63, 3.8) is 0 Å². The summed E-state index contributed by atoms with van der Waals surface area (Å²) in [4.78, 5) is 2.39. The molecule has 67 heavy (non-hydrogen) atoms. The first kappa shape index (κ1) is 42.2. The Morgan fingerprint density at radius 3 is 1.39 bits per heavy atom. The lowest BCUT2D eigenvalue weighted by Gasteiger charge is -2.63. The van der Waals surface area contributed by atoms with Gasteiger partial charge < -0.3 is 4.90 Å². The number of hydrogen-bond acceptors (Lipinski definition) is 2. The van der Waals surface area contributed by atoms with Crippen LogP contribution in [0.3, 0.4) is 0 Å². The lowest BCUT2D eigenvalue weighted by molar-refractivity contribution is -0.0281. The van der Waals surface area contributed by atoms with Crippen molar-refractivity contribution >= 4 is 71.7 Å². The van der Waals surface area contributed by atoms with Crippen molar-refractivity contribution in [1.29, 1.82) is 0 Å². The van der Waals surface area contributed by atoms with E-state index in [0.29, 0.717) is 0 Å². The number of anilines is 3. The van der Waals surface area contributed by atoms with Gasteiger partial charge in [-0.1, -0.05) is 165 Å². The van der Waals surface area contributed by atoms with Crippen LogP contribution >= 0.6 is 11.3 Å². The Morgan fingerprint density at radius 2 is 0.881 bits per heavy atom. The number of nitrogens with zero attached hydrogens (tertiary/aromatic N) is 1. The van der Waals surface area contributed by atoms with Crippen molar-refractivity contribution < 1.29 is 0 Å². The topological polar surface area (TPSA) is 3.24 Å². The summed E-state index contributed by atoms with van der Waals surface area (Å²) in [5.41, 5.74) is 22.2. The second kappa shape index (κ2) is 16.3. The lowest BCUT2D eigenvalue weighted by atomic mass is 9.34. The molecule has 1 heterocycles. The second-order valence-electron chi connectivity index (χ2n) is 21.3. The number of aryl methyl sites for hydroxylation is 6. The minimum Gasteiger partial charge on any atom is -0.311 e. The van der Waals surface area contributed by atoms with Crippen molar-refractivity contribution in [2.24, 2.45) is 11.8 Å². The van der Waals surface area contributed by atoms with Crippen LogP contribution in [0.25, 0.3) is 31.3 Å². The van der Waals surface area contributed by atoms with Gasteiger partial charge in [-0.2, -0.15) is 0 Å². The zero-order valence-corrected chi connectivity index (χ0v) is 40.8. The van der Waals surface area contributed by atoms with E-state index < -0.39 is 0 Å². The van der Waals surface area contributed by atoms with Gasteiger partial charge in [0.25, 0.3) is 0 Å². The van der Waals surface area contributed by atoms with E-state index in [0.717, 1.165) is 11.8 Å². The Labute approximate surface area is 402 Å². The molecule has 4 bridgehead atoms. The molecule has 4 aliphatic carbocycles. The number of hydrogen-bond donors (Lipinski definition) is 0. The first-order valence-electron chi connectivity index (χ1n) is 24.8. The van der Waals surface area contributed by atoms with Gasteiger partial charge in [0.15, 0.2) is 0 Å². The highest BCUT2D eigenvalue weighted by Crippen LogP contribution is 2.66. The molecule has 9 aromatic rings.